The van der Waals surface area contributed by atoms with Gasteiger partial charge in [-0.3, -0.25) is 10.1 Å². The number of nitro benzene ring substituents is 1. The van der Waals surface area contributed by atoms with Crippen LogP contribution in [0.15, 0.2) is 36.4 Å². The van der Waals surface area contributed by atoms with Crippen LogP contribution in [0, 0.1) is 17.0 Å². The third-order valence-electron chi connectivity index (χ3n) is 3.07. The molecule has 2 rings (SSSR count). The molecule has 0 aliphatic carbocycles. The van der Waals surface area contributed by atoms with Crippen LogP contribution in [-0.4, -0.2) is 4.92 Å². The topological polar surface area (TPSA) is 78.4 Å². The maximum atomic E-state index is 10.7. The largest absolute Gasteiger partial charge is 0.456 e. The first-order valence-corrected chi connectivity index (χ1v) is 6.74. The van der Waals surface area contributed by atoms with Crippen LogP contribution in [0.1, 0.15) is 24.1 Å². The molecule has 0 aliphatic heterocycles. The van der Waals surface area contributed by atoms with Crippen LogP contribution in [0.4, 0.5) is 5.69 Å². The first-order valence-electron chi connectivity index (χ1n) is 6.36. The quantitative estimate of drug-likeness (QED) is 0.672. The average molecular weight is 307 g/mol. The van der Waals surface area contributed by atoms with Crippen LogP contribution in [0.25, 0.3) is 0 Å². The van der Waals surface area contributed by atoms with E-state index in [0.717, 1.165) is 5.56 Å². The average Bonchev–Trinajstić information content (AvgIpc) is 2.42. The van der Waals surface area contributed by atoms with Gasteiger partial charge in [0.1, 0.15) is 11.5 Å². The molecule has 1 unspecified atom stereocenters. The minimum Gasteiger partial charge on any atom is -0.456 e. The van der Waals surface area contributed by atoms with Crippen molar-refractivity contribution in [2.45, 2.75) is 19.9 Å². The lowest BCUT2D eigenvalue weighted by Crippen LogP contribution is -2.04. The maximum Gasteiger partial charge on any atom is 0.269 e. The first-order chi connectivity index (χ1) is 9.88. The lowest BCUT2D eigenvalue weighted by molar-refractivity contribution is -0.384. The van der Waals surface area contributed by atoms with E-state index in [2.05, 4.69) is 0 Å². The van der Waals surface area contributed by atoms with E-state index >= 15 is 0 Å². The summed E-state index contributed by atoms with van der Waals surface area (Å²) in [5, 5.41) is 11.2. The lowest BCUT2D eigenvalue weighted by Gasteiger charge is -2.12. The van der Waals surface area contributed by atoms with E-state index < -0.39 is 4.92 Å². The van der Waals surface area contributed by atoms with Gasteiger partial charge in [0.2, 0.25) is 0 Å². The Labute approximate surface area is 127 Å². The zero-order valence-corrected chi connectivity index (χ0v) is 12.4. The molecule has 0 amide bonds. The molecule has 2 aromatic rings. The lowest BCUT2D eigenvalue weighted by atomic mass is 10.1. The van der Waals surface area contributed by atoms with E-state index in [4.69, 9.17) is 22.1 Å². The smallest absolute Gasteiger partial charge is 0.269 e. The molecule has 0 saturated heterocycles. The predicted octanol–water partition coefficient (Wildman–Crippen LogP) is 4.37. The number of aryl methyl sites for hydroxylation is 1. The van der Waals surface area contributed by atoms with Gasteiger partial charge in [-0.25, -0.2) is 0 Å². The summed E-state index contributed by atoms with van der Waals surface area (Å²) in [5.41, 5.74) is 7.39. The van der Waals surface area contributed by atoms with Crippen LogP contribution in [-0.2, 0) is 0 Å². The van der Waals surface area contributed by atoms with Gasteiger partial charge in [-0.05, 0) is 43.2 Å². The Morgan fingerprint density at radius 3 is 2.43 bits per heavy atom. The standard InChI is InChI=1S/C15H15ClN2O3/c1-9-7-12(18(19)20)4-6-14(9)21-15-5-3-11(10(2)17)8-13(15)16/h3-8,10H,17H2,1-2H3. The van der Waals surface area contributed by atoms with Crippen molar-refractivity contribution in [2.24, 2.45) is 5.73 Å². The minimum atomic E-state index is -0.443. The highest BCUT2D eigenvalue weighted by Crippen LogP contribution is 2.33. The summed E-state index contributed by atoms with van der Waals surface area (Å²) < 4.78 is 5.71. The zero-order chi connectivity index (χ0) is 15.6. The van der Waals surface area contributed by atoms with Crippen molar-refractivity contribution in [3.8, 4) is 11.5 Å². The van der Waals surface area contributed by atoms with Gasteiger partial charge in [0.15, 0.2) is 0 Å². The van der Waals surface area contributed by atoms with Gasteiger partial charge in [0, 0.05) is 18.2 Å². The highest BCUT2D eigenvalue weighted by atomic mass is 35.5. The molecule has 6 heteroatoms. The molecule has 5 nitrogen and oxygen atoms in total. The van der Waals surface area contributed by atoms with Crippen molar-refractivity contribution in [1.82, 2.24) is 0 Å². The number of halogens is 1. The normalized spacial score (nSPS) is 12.0. The molecule has 0 aliphatic rings. The van der Waals surface area contributed by atoms with Crippen molar-refractivity contribution >= 4 is 17.3 Å². The molecule has 0 fully saturated rings. The number of ether oxygens (including phenoxy) is 1. The van der Waals surface area contributed by atoms with Crippen molar-refractivity contribution in [3.05, 3.63) is 62.7 Å². The molecule has 0 bridgehead atoms. The monoisotopic (exact) mass is 306 g/mol. The van der Waals surface area contributed by atoms with Gasteiger partial charge >= 0.3 is 0 Å². The summed E-state index contributed by atoms with van der Waals surface area (Å²) in [7, 11) is 0. The Hall–Kier alpha value is -2.11. The van der Waals surface area contributed by atoms with E-state index in [1.807, 2.05) is 13.0 Å². The number of nitro groups is 1. The Morgan fingerprint density at radius 2 is 1.90 bits per heavy atom. The van der Waals surface area contributed by atoms with Gasteiger partial charge in [-0.1, -0.05) is 17.7 Å². The fourth-order valence-electron chi connectivity index (χ4n) is 1.86. The second-order valence-electron chi connectivity index (χ2n) is 4.79. The molecule has 0 spiro atoms. The number of non-ortho nitro benzene ring substituents is 1. The Morgan fingerprint density at radius 1 is 1.24 bits per heavy atom. The van der Waals surface area contributed by atoms with Gasteiger partial charge in [0.25, 0.3) is 5.69 Å². The van der Waals surface area contributed by atoms with Crippen molar-refractivity contribution in [1.29, 1.82) is 0 Å². The van der Waals surface area contributed by atoms with Crippen LogP contribution in [0.3, 0.4) is 0 Å². The summed E-state index contributed by atoms with van der Waals surface area (Å²) >= 11 is 6.17. The number of nitrogens with two attached hydrogens (primary N) is 1. The van der Waals surface area contributed by atoms with Crippen molar-refractivity contribution < 1.29 is 9.66 Å². The molecule has 0 saturated carbocycles. The predicted molar refractivity (Wildman–Crippen MR) is 82.0 cm³/mol. The van der Waals surface area contributed by atoms with E-state index in [-0.39, 0.29) is 11.7 Å². The highest BCUT2D eigenvalue weighted by Gasteiger charge is 2.11. The molecule has 2 aromatic carbocycles. The Balaban J connectivity index is 2.28. The minimum absolute atomic E-state index is 0.0262. The fourth-order valence-corrected chi connectivity index (χ4v) is 2.09. The maximum absolute atomic E-state index is 10.7. The number of nitrogens with zero attached hydrogens (tertiary/aromatic N) is 1. The molecule has 0 heterocycles. The molecule has 2 N–H and O–H groups in total. The van der Waals surface area contributed by atoms with Crippen LogP contribution < -0.4 is 10.5 Å². The Bertz CT molecular complexity index is 687. The molecule has 110 valence electrons. The third kappa shape index (κ3) is 3.51. The number of benzene rings is 2. The summed E-state index contributed by atoms with van der Waals surface area (Å²) in [5.74, 6) is 1.01. The van der Waals surface area contributed by atoms with Crippen molar-refractivity contribution in [3.63, 3.8) is 0 Å². The van der Waals surface area contributed by atoms with E-state index in [1.165, 1.54) is 12.1 Å². The molecular weight excluding hydrogens is 292 g/mol. The first kappa shape index (κ1) is 15.3. The molecular formula is C15H15ClN2O3. The number of rotatable bonds is 4. The second kappa shape index (κ2) is 6.11. The molecule has 1 atom stereocenters. The van der Waals surface area contributed by atoms with E-state index in [1.54, 1.807) is 25.1 Å². The second-order valence-corrected chi connectivity index (χ2v) is 5.19. The Kier molecular flexibility index (Phi) is 4.45. The van der Waals surface area contributed by atoms with Crippen LogP contribution in [0.2, 0.25) is 5.02 Å². The van der Waals surface area contributed by atoms with E-state index in [9.17, 15) is 10.1 Å². The van der Waals surface area contributed by atoms with Gasteiger partial charge < -0.3 is 10.5 Å². The zero-order valence-electron chi connectivity index (χ0n) is 11.7. The molecule has 21 heavy (non-hydrogen) atoms. The van der Waals surface area contributed by atoms with Crippen LogP contribution >= 0.6 is 11.6 Å². The number of hydrogen-bond donors (Lipinski definition) is 1. The summed E-state index contributed by atoms with van der Waals surface area (Å²) in [4.78, 5) is 10.3. The fraction of sp³-hybridized carbons (Fsp3) is 0.200. The highest BCUT2D eigenvalue weighted by molar-refractivity contribution is 6.32. The van der Waals surface area contributed by atoms with Gasteiger partial charge in [0.05, 0.1) is 9.95 Å². The summed E-state index contributed by atoms with van der Waals surface area (Å²) in [6.07, 6.45) is 0. The van der Waals surface area contributed by atoms with E-state index in [0.29, 0.717) is 22.1 Å². The summed E-state index contributed by atoms with van der Waals surface area (Å²) in [6.45, 7) is 3.61. The SMILES string of the molecule is Cc1cc([N+](=O)[O-])ccc1Oc1ccc(C(C)N)cc1Cl. The molecule has 0 aromatic heterocycles. The number of hydrogen-bond acceptors (Lipinski definition) is 4. The summed E-state index contributed by atoms with van der Waals surface area (Å²) in [6, 6.07) is 9.63. The van der Waals surface area contributed by atoms with Crippen molar-refractivity contribution in [2.75, 3.05) is 0 Å². The third-order valence-corrected chi connectivity index (χ3v) is 3.37. The van der Waals surface area contributed by atoms with Crippen LogP contribution in [0.5, 0.6) is 11.5 Å². The van der Waals surface area contributed by atoms with Gasteiger partial charge in [-0.15, -0.1) is 0 Å². The van der Waals surface area contributed by atoms with Gasteiger partial charge in [-0.2, -0.15) is 0 Å². The molecule has 0 radical (unpaired) electrons.